The Morgan fingerprint density at radius 3 is 2.78 bits per heavy atom. The number of carbonyl (C=O) groups excluding carboxylic acids is 1. The van der Waals surface area contributed by atoms with Crippen LogP contribution in [0.1, 0.15) is 38.2 Å². The van der Waals surface area contributed by atoms with E-state index in [1.807, 2.05) is 30.9 Å². The van der Waals surface area contributed by atoms with Crippen molar-refractivity contribution in [3.63, 3.8) is 0 Å². The molecule has 0 radical (unpaired) electrons. The third-order valence-corrected chi connectivity index (χ3v) is 4.79. The molecule has 0 N–H and O–H groups in total. The summed E-state index contributed by atoms with van der Waals surface area (Å²) in [5.74, 6) is 0.00954. The lowest BCUT2D eigenvalue weighted by Crippen LogP contribution is -2.42. The van der Waals surface area contributed by atoms with Crippen molar-refractivity contribution < 1.29 is 4.79 Å². The standard InChI is InChI=1S/C18H23N3O2/c1-3-21(14-8-4-5-9-14)16(22)11-20-12-19-17-13(2)7-6-10-15(17)18(20)23/h6-7,10,12,14H,3-5,8-9,11H2,1-2H3. The number of hydrogen-bond acceptors (Lipinski definition) is 3. The van der Waals surface area contributed by atoms with Crippen molar-refractivity contribution in [1.29, 1.82) is 0 Å². The number of benzene rings is 1. The summed E-state index contributed by atoms with van der Waals surface area (Å²) >= 11 is 0. The molecule has 1 heterocycles. The van der Waals surface area contributed by atoms with Gasteiger partial charge in [-0.2, -0.15) is 0 Å². The van der Waals surface area contributed by atoms with Crippen LogP contribution >= 0.6 is 0 Å². The molecule has 2 aromatic rings. The van der Waals surface area contributed by atoms with Gasteiger partial charge in [-0.25, -0.2) is 4.98 Å². The summed E-state index contributed by atoms with van der Waals surface area (Å²) in [6, 6.07) is 5.89. The van der Waals surface area contributed by atoms with Crippen LogP contribution in [0, 0.1) is 6.92 Å². The van der Waals surface area contributed by atoms with Gasteiger partial charge in [-0.1, -0.05) is 25.0 Å². The van der Waals surface area contributed by atoms with Crippen LogP contribution in [0.3, 0.4) is 0 Å². The molecule has 0 spiro atoms. The van der Waals surface area contributed by atoms with Crippen molar-refractivity contribution in [3.05, 3.63) is 40.4 Å². The maximum atomic E-state index is 12.6. The highest BCUT2D eigenvalue weighted by atomic mass is 16.2. The van der Waals surface area contributed by atoms with E-state index >= 15 is 0 Å². The third-order valence-electron chi connectivity index (χ3n) is 4.79. The molecule has 0 aliphatic heterocycles. The molecule has 1 fully saturated rings. The molecule has 23 heavy (non-hydrogen) atoms. The molecule has 1 aliphatic rings. The molecule has 5 nitrogen and oxygen atoms in total. The fraction of sp³-hybridized carbons (Fsp3) is 0.500. The topological polar surface area (TPSA) is 55.2 Å². The number of fused-ring (bicyclic) bond motifs is 1. The number of rotatable bonds is 4. The summed E-state index contributed by atoms with van der Waals surface area (Å²) in [6.07, 6.45) is 6.02. The van der Waals surface area contributed by atoms with E-state index in [1.165, 1.54) is 23.7 Å². The lowest BCUT2D eigenvalue weighted by atomic mass is 10.1. The Balaban J connectivity index is 1.87. The number of carbonyl (C=O) groups is 1. The molecule has 1 amide bonds. The normalized spacial score (nSPS) is 15.2. The van der Waals surface area contributed by atoms with E-state index < -0.39 is 0 Å². The number of nitrogens with zero attached hydrogens (tertiary/aromatic N) is 3. The smallest absolute Gasteiger partial charge is 0.261 e. The lowest BCUT2D eigenvalue weighted by Gasteiger charge is -2.27. The van der Waals surface area contributed by atoms with Gasteiger partial charge in [0.15, 0.2) is 0 Å². The van der Waals surface area contributed by atoms with Crippen LogP contribution in [0.25, 0.3) is 10.9 Å². The Kier molecular flexibility index (Phi) is 4.46. The van der Waals surface area contributed by atoms with Crippen molar-refractivity contribution in [2.45, 2.75) is 52.1 Å². The molecule has 5 heteroatoms. The molecule has 0 unspecified atom stereocenters. The molecule has 1 aromatic carbocycles. The minimum Gasteiger partial charge on any atom is -0.338 e. The van der Waals surface area contributed by atoms with E-state index in [2.05, 4.69) is 4.98 Å². The minimum absolute atomic E-state index is 0.00954. The van der Waals surface area contributed by atoms with Gasteiger partial charge < -0.3 is 4.90 Å². The number of hydrogen-bond donors (Lipinski definition) is 0. The van der Waals surface area contributed by atoms with Gasteiger partial charge in [-0.3, -0.25) is 14.2 Å². The molecule has 1 saturated carbocycles. The first-order valence-corrected chi connectivity index (χ1v) is 8.36. The first kappa shape index (κ1) is 15.7. The van der Waals surface area contributed by atoms with Gasteiger partial charge in [0.05, 0.1) is 17.2 Å². The van der Waals surface area contributed by atoms with Crippen LogP contribution in [0.4, 0.5) is 0 Å². The van der Waals surface area contributed by atoms with Gasteiger partial charge in [-0.15, -0.1) is 0 Å². The maximum absolute atomic E-state index is 12.6. The van der Waals surface area contributed by atoms with Gasteiger partial charge in [0.2, 0.25) is 5.91 Å². The first-order chi connectivity index (χ1) is 11.1. The fourth-order valence-electron chi connectivity index (χ4n) is 3.54. The second kappa shape index (κ2) is 6.52. The first-order valence-electron chi connectivity index (χ1n) is 8.36. The van der Waals surface area contributed by atoms with Gasteiger partial charge in [0.1, 0.15) is 6.54 Å². The Morgan fingerprint density at radius 1 is 1.35 bits per heavy atom. The summed E-state index contributed by atoms with van der Waals surface area (Å²) in [6.45, 7) is 4.70. The molecular weight excluding hydrogens is 290 g/mol. The van der Waals surface area contributed by atoms with Crippen molar-refractivity contribution in [3.8, 4) is 0 Å². The van der Waals surface area contributed by atoms with Crippen LogP contribution in [-0.2, 0) is 11.3 Å². The number of amides is 1. The molecule has 1 aliphatic carbocycles. The van der Waals surface area contributed by atoms with Crippen molar-refractivity contribution in [2.24, 2.45) is 0 Å². The van der Waals surface area contributed by atoms with E-state index in [1.54, 1.807) is 6.07 Å². The van der Waals surface area contributed by atoms with E-state index in [9.17, 15) is 9.59 Å². The highest BCUT2D eigenvalue weighted by Crippen LogP contribution is 2.23. The second-order valence-corrected chi connectivity index (χ2v) is 6.27. The zero-order valence-corrected chi connectivity index (χ0v) is 13.8. The number of aryl methyl sites for hydroxylation is 1. The predicted octanol–water partition coefficient (Wildman–Crippen LogP) is 2.50. The molecule has 0 bridgehead atoms. The Morgan fingerprint density at radius 2 is 2.09 bits per heavy atom. The number of likely N-dealkylation sites (N-methyl/N-ethyl adjacent to an activating group) is 1. The average molecular weight is 313 g/mol. The SMILES string of the molecule is CCN(C(=O)Cn1cnc2c(C)cccc2c1=O)C1CCCC1. The van der Waals surface area contributed by atoms with Crippen molar-refractivity contribution in [1.82, 2.24) is 14.5 Å². The predicted molar refractivity (Wildman–Crippen MR) is 90.4 cm³/mol. The van der Waals surface area contributed by atoms with Gasteiger partial charge in [-0.05, 0) is 38.3 Å². The van der Waals surface area contributed by atoms with Crippen LogP contribution < -0.4 is 5.56 Å². The van der Waals surface area contributed by atoms with Crippen molar-refractivity contribution >= 4 is 16.8 Å². The quantitative estimate of drug-likeness (QED) is 0.871. The highest BCUT2D eigenvalue weighted by Gasteiger charge is 2.25. The van der Waals surface area contributed by atoms with E-state index in [-0.39, 0.29) is 18.0 Å². The summed E-state index contributed by atoms with van der Waals surface area (Å²) in [7, 11) is 0. The largest absolute Gasteiger partial charge is 0.338 e. The lowest BCUT2D eigenvalue weighted by molar-refractivity contribution is -0.133. The fourth-order valence-corrected chi connectivity index (χ4v) is 3.54. The summed E-state index contributed by atoms with van der Waals surface area (Å²) in [5.41, 5.74) is 1.54. The molecule has 3 rings (SSSR count). The zero-order chi connectivity index (χ0) is 16.4. The third kappa shape index (κ3) is 3.00. The highest BCUT2D eigenvalue weighted by molar-refractivity contribution is 5.81. The second-order valence-electron chi connectivity index (χ2n) is 6.27. The van der Waals surface area contributed by atoms with E-state index in [4.69, 9.17) is 0 Å². The molecule has 0 atom stereocenters. The van der Waals surface area contributed by atoms with Gasteiger partial charge >= 0.3 is 0 Å². The maximum Gasteiger partial charge on any atom is 0.261 e. The van der Waals surface area contributed by atoms with Gasteiger partial charge in [0, 0.05) is 12.6 Å². The Hall–Kier alpha value is -2.17. The minimum atomic E-state index is -0.144. The molecular formula is C18H23N3O2. The monoisotopic (exact) mass is 313 g/mol. The van der Waals surface area contributed by atoms with Crippen LogP contribution in [0.15, 0.2) is 29.3 Å². The van der Waals surface area contributed by atoms with Crippen LogP contribution in [0.5, 0.6) is 0 Å². The van der Waals surface area contributed by atoms with E-state index in [0.717, 1.165) is 18.4 Å². The Bertz CT molecular complexity index is 775. The number of para-hydroxylation sites is 1. The van der Waals surface area contributed by atoms with Crippen LogP contribution in [-0.4, -0.2) is 32.9 Å². The zero-order valence-electron chi connectivity index (χ0n) is 13.8. The van der Waals surface area contributed by atoms with Gasteiger partial charge in [0.25, 0.3) is 5.56 Å². The molecule has 122 valence electrons. The number of aromatic nitrogens is 2. The summed E-state index contributed by atoms with van der Waals surface area (Å²) in [5, 5.41) is 0.573. The van der Waals surface area contributed by atoms with E-state index in [0.29, 0.717) is 23.5 Å². The molecule has 1 aromatic heterocycles. The summed E-state index contributed by atoms with van der Waals surface area (Å²) < 4.78 is 1.43. The Labute approximate surface area is 135 Å². The summed E-state index contributed by atoms with van der Waals surface area (Å²) in [4.78, 5) is 31.5. The average Bonchev–Trinajstić information content (AvgIpc) is 3.05. The van der Waals surface area contributed by atoms with Crippen molar-refractivity contribution in [2.75, 3.05) is 6.54 Å². The molecule has 0 saturated heterocycles. The van der Waals surface area contributed by atoms with Crippen LogP contribution in [0.2, 0.25) is 0 Å².